The maximum atomic E-state index is 12.8. The van der Waals surface area contributed by atoms with Gasteiger partial charge in [0.2, 0.25) is 5.91 Å². The molecule has 0 aromatic heterocycles. The summed E-state index contributed by atoms with van der Waals surface area (Å²) < 4.78 is 17.6. The third-order valence-corrected chi connectivity index (χ3v) is 3.12. The van der Waals surface area contributed by atoms with Gasteiger partial charge >= 0.3 is 6.09 Å². The standard InChI is InChI=1S/C16H23FN2O3/c1-4-22-16(21)19-14(11(2)3)15(20)18-10-9-12-5-7-13(17)8-6-12/h5-8,11,14H,4,9-10H2,1-3H3,(H,18,20)(H,19,21)/t14-/m0/s1. The first-order valence-electron chi connectivity index (χ1n) is 7.39. The molecule has 0 unspecified atom stereocenters. The van der Waals surface area contributed by atoms with E-state index in [4.69, 9.17) is 4.74 Å². The molecule has 0 aliphatic heterocycles. The quantitative estimate of drug-likeness (QED) is 0.812. The zero-order valence-electron chi connectivity index (χ0n) is 13.2. The molecule has 0 spiro atoms. The van der Waals surface area contributed by atoms with Gasteiger partial charge in [0.15, 0.2) is 0 Å². The minimum Gasteiger partial charge on any atom is -0.450 e. The highest BCUT2D eigenvalue weighted by Gasteiger charge is 2.24. The van der Waals surface area contributed by atoms with Gasteiger partial charge < -0.3 is 15.4 Å². The van der Waals surface area contributed by atoms with Crippen molar-refractivity contribution in [3.63, 3.8) is 0 Å². The Hall–Kier alpha value is -2.11. The molecule has 5 nitrogen and oxygen atoms in total. The lowest BCUT2D eigenvalue weighted by molar-refractivity contribution is -0.124. The van der Waals surface area contributed by atoms with Crippen molar-refractivity contribution in [2.45, 2.75) is 33.2 Å². The fraction of sp³-hybridized carbons (Fsp3) is 0.500. The third-order valence-electron chi connectivity index (χ3n) is 3.12. The lowest BCUT2D eigenvalue weighted by Gasteiger charge is -2.21. The average molecular weight is 310 g/mol. The molecule has 2 amide bonds. The molecular formula is C16H23FN2O3. The number of amides is 2. The Morgan fingerprint density at radius 2 is 1.86 bits per heavy atom. The van der Waals surface area contributed by atoms with Gasteiger partial charge in [-0.3, -0.25) is 4.79 Å². The summed E-state index contributed by atoms with van der Waals surface area (Å²) >= 11 is 0. The molecule has 0 saturated carbocycles. The minimum atomic E-state index is -0.646. The fourth-order valence-corrected chi connectivity index (χ4v) is 1.93. The molecule has 1 rings (SSSR count). The van der Waals surface area contributed by atoms with E-state index in [1.54, 1.807) is 19.1 Å². The summed E-state index contributed by atoms with van der Waals surface area (Å²) in [6.45, 7) is 6.06. The van der Waals surface area contributed by atoms with Crippen molar-refractivity contribution in [3.05, 3.63) is 35.6 Å². The second-order valence-electron chi connectivity index (χ2n) is 5.25. The largest absolute Gasteiger partial charge is 0.450 e. The van der Waals surface area contributed by atoms with Crippen LogP contribution in [0.15, 0.2) is 24.3 Å². The van der Waals surface area contributed by atoms with Crippen LogP contribution in [0.5, 0.6) is 0 Å². The minimum absolute atomic E-state index is 0.0600. The second-order valence-corrected chi connectivity index (χ2v) is 5.25. The monoisotopic (exact) mass is 310 g/mol. The van der Waals surface area contributed by atoms with Crippen LogP contribution in [0.4, 0.5) is 9.18 Å². The smallest absolute Gasteiger partial charge is 0.407 e. The fourth-order valence-electron chi connectivity index (χ4n) is 1.93. The molecule has 1 aromatic carbocycles. The van der Waals surface area contributed by atoms with Crippen LogP contribution < -0.4 is 10.6 Å². The number of alkyl carbamates (subject to hydrolysis) is 1. The molecule has 0 radical (unpaired) electrons. The van der Waals surface area contributed by atoms with Crippen LogP contribution in [0, 0.1) is 11.7 Å². The van der Waals surface area contributed by atoms with Gasteiger partial charge in [-0.2, -0.15) is 0 Å². The molecule has 2 N–H and O–H groups in total. The van der Waals surface area contributed by atoms with Gasteiger partial charge in [-0.25, -0.2) is 9.18 Å². The Bertz CT molecular complexity index is 489. The van der Waals surface area contributed by atoms with E-state index in [1.165, 1.54) is 12.1 Å². The first-order chi connectivity index (χ1) is 10.4. The van der Waals surface area contributed by atoms with E-state index < -0.39 is 12.1 Å². The Labute approximate surface area is 130 Å². The number of nitrogens with one attached hydrogen (secondary N) is 2. The molecule has 122 valence electrons. The Balaban J connectivity index is 2.46. The summed E-state index contributed by atoms with van der Waals surface area (Å²) in [6, 6.07) is 5.48. The first-order valence-corrected chi connectivity index (χ1v) is 7.39. The molecule has 0 heterocycles. The predicted molar refractivity (Wildman–Crippen MR) is 81.9 cm³/mol. The summed E-state index contributed by atoms with van der Waals surface area (Å²) in [5.74, 6) is -0.605. The van der Waals surface area contributed by atoms with Gasteiger partial charge in [-0.15, -0.1) is 0 Å². The Kier molecular flexibility index (Phi) is 7.36. The summed E-state index contributed by atoms with van der Waals surface area (Å²) in [4.78, 5) is 23.6. The predicted octanol–water partition coefficient (Wildman–Crippen LogP) is 2.26. The van der Waals surface area contributed by atoms with E-state index in [0.717, 1.165) is 5.56 Å². The summed E-state index contributed by atoms with van der Waals surface area (Å²) in [5, 5.41) is 5.32. The molecule has 0 saturated heterocycles. The van der Waals surface area contributed by atoms with Crippen LogP contribution >= 0.6 is 0 Å². The van der Waals surface area contributed by atoms with E-state index in [2.05, 4.69) is 10.6 Å². The van der Waals surface area contributed by atoms with Crippen molar-refractivity contribution in [1.29, 1.82) is 0 Å². The SMILES string of the molecule is CCOC(=O)N[C@H](C(=O)NCCc1ccc(F)cc1)C(C)C. The lowest BCUT2D eigenvalue weighted by atomic mass is 10.0. The van der Waals surface area contributed by atoms with Crippen LogP contribution in [-0.4, -0.2) is 31.2 Å². The van der Waals surface area contributed by atoms with Crippen LogP contribution in [0.3, 0.4) is 0 Å². The molecule has 0 fully saturated rings. The summed E-state index contributed by atoms with van der Waals surface area (Å²) in [6.07, 6.45) is -0.00847. The van der Waals surface area contributed by atoms with Gasteiger partial charge in [0.1, 0.15) is 11.9 Å². The topological polar surface area (TPSA) is 67.4 Å². The number of ether oxygens (including phenoxy) is 1. The van der Waals surface area contributed by atoms with Gasteiger partial charge in [-0.1, -0.05) is 26.0 Å². The lowest BCUT2D eigenvalue weighted by Crippen LogP contribution is -2.50. The van der Waals surface area contributed by atoms with Crippen LogP contribution in [0.1, 0.15) is 26.3 Å². The number of carbonyl (C=O) groups is 2. The number of hydrogen-bond donors (Lipinski definition) is 2. The van der Waals surface area contributed by atoms with Crippen molar-refractivity contribution in [2.24, 2.45) is 5.92 Å². The van der Waals surface area contributed by atoms with Crippen LogP contribution in [-0.2, 0) is 16.0 Å². The van der Waals surface area contributed by atoms with Gasteiger partial charge in [0.25, 0.3) is 0 Å². The zero-order valence-corrected chi connectivity index (χ0v) is 13.2. The highest BCUT2D eigenvalue weighted by atomic mass is 19.1. The van der Waals surface area contributed by atoms with E-state index in [1.807, 2.05) is 13.8 Å². The van der Waals surface area contributed by atoms with Gasteiger partial charge in [0.05, 0.1) is 6.61 Å². The molecule has 1 aromatic rings. The highest BCUT2D eigenvalue weighted by Crippen LogP contribution is 2.04. The van der Waals surface area contributed by atoms with Gasteiger partial charge in [-0.05, 0) is 37.0 Å². The molecule has 1 atom stereocenters. The molecule has 0 aliphatic rings. The maximum absolute atomic E-state index is 12.8. The number of hydrogen-bond acceptors (Lipinski definition) is 3. The van der Waals surface area contributed by atoms with E-state index in [-0.39, 0.29) is 24.2 Å². The van der Waals surface area contributed by atoms with E-state index in [9.17, 15) is 14.0 Å². The van der Waals surface area contributed by atoms with Crippen molar-refractivity contribution < 1.29 is 18.7 Å². The van der Waals surface area contributed by atoms with Crippen LogP contribution in [0.2, 0.25) is 0 Å². The first kappa shape index (κ1) is 17.9. The Morgan fingerprint density at radius 1 is 1.23 bits per heavy atom. The van der Waals surface area contributed by atoms with Crippen molar-refractivity contribution in [3.8, 4) is 0 Å². The zero-order chi connectivity index (χ0) is 16.5. The molecule has 0 bridgehead atoms. The van der Waals surface area contributed by atoms with Gasteiger partial charge in [0, 0.05) is 6.54 Å². The average Bonchev–Trinajstić information content (AvgIpc) is 2.46. The molecule has 6 heteroatoms. The third kappa shape index (κ3) is 6.11. The number of halogens is 1. The normalized spacial score (nSPS) is 11.9. The van der Waals surface area contributed by atoms with Crippen molar-refractivity contribution >= 4 is 12.0 Å². The molecular weight excluding hydrogens is 287 g/mol. The molecule has 22 heavy (non-hydrogen) atoms. The van der Waals surface area contributed by atoms with Crippen molar-refractivity contribution in [2.75, 3.05) is 13.2 Å². The highest BCUT2D eigenvalue weighted by molar-refractivity contribution is 5.85. The number of carbonyl (C=O) groups excluding carboxylic acids is 2. The second kappa shape index (κ2) is 9.02. The number of rotatable bonds is 7. The van der Waals surface area contributed by atoms with E-state index in [0.29, 0.717) is 13.0 Å². The number of benzene rings is 1. The summed E-state index contributed by atoms with van der Waals surface area (Å²) in [5.41, 5.74) is 0.932. The Morgan fingerprint density at radius 3 is 2.41 bits per heavy atom. The summed E-state index contributed by atoms with van der Waals surface area (Å²) in [7, 11) is 0. The van der Waals surface area contributed by atoms with Crippen LogP contribution in [0.25, 0.3) is 0 Å². The van der Waals surface area contributed by atoms with Crippen molar-refractivity contribution in [1.82, 2.24) is 10.6 Å². The maximum Gasteiger partial charge on any atom is 0.407 e. The van der Waals surface area contributed by atoms with E-state index >= 15 is 0 Å². The molecule has 0 aliphatic carbocycles.